The Bertz CT molecular complexity index is 531. The molecule has 0 bridgehead atoms. The predicted molar refractivity (Wildman–Crippen MR) is 75.1 cm³/mol. The molecule has 0 heterocycles. The summed E-state index contributed by atoms with van der Waals surface area (Å²) >= 11 is 5.65. The van der Waals surface area contributed by atoms with Gasteiger partial charge in [-0.15, -0.1) is 0 Å². The molecule has 1 aromatic rings. The highest BCUT2D eigenvalue weighted by Crippen LogP contribution is 2.25. The van der Waals surface area contributed by atoms with Crippen LogP contribution in [0.15, 0.2) is 29.3 Å². The molecule has 0 aliphatic carbocycles. The van der Waals surface area contributed by atoms with Crippen LogP contribution in [0.3, 0.4) is 0 Å². The van der Waals surface area contributed by atoms with Crippen LogP contribution < -0.4 is 0 Å². The molecule has 0 spiro atoms. The number of benzene rings is 1. The van der Waals surface area contributed by atoms with E-state index in [1.165, 1.54) is 24.3 Å². The van der Waals surface area contributed by atoms with E-state index in [9.17, 15) is 18.0 Å². The highest BCUT2D eigenvalue weighted by atomic mass is 35.5. The summed E-state index contributed by atoms with van der Waals surface area (Å²) in [5.74, 6) is -0.979. The third-order valence-electron chi connectivity index (χ3n) is 2.15. The van der Waals surface area contributed by atoms with Crippen LogP contribution in [0, 0.1) is 0 Å². The molecule has 0 N–H and O–H groups in total. The van der Waals surface area contributed by atoms with E-state index in [1.54, 1.807) is 20.8 Å². The molecule has 0 aliphatic rings. The first-order chi connectivity index (χ1) is 9.47. The zero-order chi connectivity index (χ0) is 16.3. The van der Waals surface area contributed by atoms with Crippen molar-refractivity contribution >= 4 is 29.0 Å². The number of hydrogen-bond donors (Lipinski definition) is 0. The van der Waals surface area contributed by atoms with Gasteiger partial charge in [-0.1, -0.05) is 11.6 Å². The summed E-state index contributed by atoms with van der Waals surface area (Å²) in [5, 5.41) is 0.384. The van der Waals surface area contributed by atoms with Gasteiger partial charge in [-0.2, -0.15) is 13.2 Å². The zero-order valence-electron chi connectivity index (χ0n) is 11.8. The molecule has 0 unspecified atom stereocenters. The minimum absolute atomic E-state index is 0.0651. The normalized spacial score (nSPS) is 13.2. The average molecular weight is 322 g/mol. The van der Waals surface area contributed by atoms with Gasteiger partial charge in [0.1, 0.15) is 11.3 Å². The van der Waals surface area contributed by atoms with Crippen molar-refractivity contribution in [2.45, 2.75) is 39.0 Å². The number of alkyl halides is 3. The van der Waals surface area contributed by atoms with Crippen LogP contribution in [0.1, 0.15) is 27.2 Å². The first-order valence-electron chi connectivity index (χ1n) is 6.09. The number of halogens is 4. The van der Waals surface area contributed by atoms with Gasteiger partial charge in [-0.05, 0) is 45.0 Å². The van der Waals surface area contributed by atoms with Crippen LogP contribution in [-0.4, -0.2) is 23.5 Å². The number of carbonyl (C=O) groups excluding carboxylic acids is 1. The fraction of sp³-hybridized carbons (Fsp3) is 0.429. The van der Waals surface area contributed by atoms with E-state index in [0.29, 0.717) is 5.02 Å². The summed E-state index contributed by atoms with van der Waals surface area (Å²) in [6.07, 6.45) is -5.65. The van der Waals surface area contributed by atoms with Gasteiger partial charge in [0.25, 0.3) is 0 Å². The number of nitrogens with zero attached hydrogens (tertiary/aromatic N) is 1. The number of ether oxygens (including phenoxy) is 1. The van der Waals surface area contributed by atoms with E-state index in [2.05, 4.69) is 4.99 Å². The molecule has 0 amide bonds. The van der Waals surface area contributed by atoms with Crippen LogP contribution in [0.25, 0.3) is 0 Å². The highest BCUT2D eigenvalue weighted by molar-refractivity contribution is 6.30. The summed E-state index contributed by atoms with van der Waals surface area (Å²) in [4.78, 5) is 15.0. The maximum atomic E-state index is 12.9. The second-order valence-corrected chi connectivity index (χ2v) is 5.73. The molecule has 0 aromatic heterocycles. The Morgan fingerprint density at radius 2 is 1.71 bits per heavy atom. The van der Waals surface area contributed by atoms with Gasteiger partial charge >= 0.3 is 12.1 Å². The molecule has 7 heteroatoms. The van der Waals surface area contributed by atoms with Crippen LogP contribution in [0.5, 0.6) is 0 Å². The Kier molecular flexibility index (Phi) is 5.39. The van der Waals surface area contributed by atoms with E-state index >= 15 is 0 Å². The second-order valence-electron chi connectivity index (χ2n) is 5.30. The maximum Gasteiger partial charge on any atom is 0.430 e. The van der Waals surface area contributed by atoms with E-state index in [4.69, 9.17) is 16.3 Å². The largest absolute Gasteiger partial charge is 0.460 e. The maximum absolute atomic E-state index is 12.9. The lowest BCUT2D eigenvalue weighted by molar-refractivity contribution is -0.154. The first-order valence-corrected chi connectivity index (χ1v) is 6.47. The van der Waals surface area contributed by atoms with Gasteiger partial charge in [0, 0.05) is 5.02 Å². The van der Waals surface area contributed by atoms with Crippen LogP contribution >= 0.6 is 11.6 Å². The molecule has 0 saturated heterocycles. The molecule has 0 fully saturated rings. The van der Waals surface area contributed by atoms with Gasteiger partial charge in [-0.25, -0.2) is 4.99 Å². The lowest BCUT2D eigenvalue weighted by Crippen LogP contribution is -2.30. The Labute approximate surface area is 125 Å². The van der Waals surface area contributed by atoms with Gasteiger partial charge in [0.2, 0.25) is 0 Å². The standard InChI is InChI=1S/C14H15ClF3NO2/c1-13(2,3)21-12(20)8-11(14(16,17)18)19-10-6-4-9(15)5-7-10/h4-7H,8H2,1-3H3. The molecule has 0 radical (unpaired) electrons. The average Bonchev–Trinajstić information content (AvgIpc) is 2.27. The van der Waals surface area contributed by atoms with Gasteiger partial charge in [0.15, 0.2) is 0 Å². The van der Waals surface area contributed by atoms with Gasteiger partial charge in [0.05, 0.1) is 12.1 Å². The van der Waals surface area contributed by atoms with Crippen molar-refractivity contribution in [3.8, 4) is 0 Å². The Hall–Kier alpha value is -1.56. The molecule has 116 valence electrons. The van der Waals surface area contributed by atoms with Gasteiger partial charge in [-0.3, -0.25) is 4.79 Å². The molecule has 1 rings (SSSR count). The molecule has 0 saturated carbocycles. The molecule has 21 heavy (non-hydrogen) atoms. The number of carbonyl (C=O) groups is 1. The lowest BCUT2D eigenvalue weighted by atomic mass is 10.2. The second kappa shape index (κ2) is 6.47. The smallest absolute Gasteiger partial charge is 0.430 e. The highest BCUT2D eigenvalue weighted by Gasteiger charge is 2.38. The van der Waals surface area contributed by atoms with Crippen molar-refractivity contribution in [2.75, 3.05) is 0 Å². The molecular weight excluding hydrogens is 307 g/mol. The summed E-state index contributed by atoms with van der Waals surface area (Å²) in [6, 6.07) is 5.51. The predicted octanol–water partition coefficient (Wildman–Crippen LogP) is 4.71. The molecule has 3 nitrogen and oxygen atoms in total. The number of rotatable bonds is 3. The summed E-state index contributed by atoms with van der Waals surface area (Å²) < 4.78 is 43.6. The monoisotopic (exact) mass is 321 g/mol. The van der Waals surface area contributed by atoms with Crippen LogP contribution in [0.2, 0.25) is 5.02 Å². The minimum atomic E-state index is -4.71. The fourth-order valence-corrected chi connectivity index (χ4v) is 1.51. The molecule has 0 aliphatic heterocycles. The van der Waals surface area contributed by atoms with Crippen molar-refractivity contribution in [3.63, 3.8) is 0 Å². The quantitative estimate of drug-likeness (QED) is 0.597. The Balaban J connectivity index is 2.97. The van der Waals surface area contributed by atoms with Crippen LogP contribution in [0.4, 0.5) is 18.9 Å². The molecular formula is C14H15ClF3NO2. The van der Waals surface area contributed by atoms with E-state index in [1.807, 2.05) is 0 Å². The SMILES string of the molecule is CC(C)(C)OC(=O)CC(=Nc1ccc(Cl)cc1)C(F)(F)F. The van der Waals surface area contributed by atoms with Crippen molar-refractivity contribution < 1.29 is 22.7 Å². The summed E-state index contributed by atoms with van der Waals surface area (Å²) in [7, 11) is 0. The lowest BCUT2D eigenvalue weighted by Gasteiger charge is -2.20. The van der Waals surface area contributed by atoms with E-state index < -0.39 is 29.9 Å². The Morgan fingerprint density at radius 3 is 2.14 bits per heavy atom. The summed E-state index contributed by atoms with van der Waals surface area (Å²) in [5.41, 5.74) is -2.00. The topological polar surface area (TPSA) is 38.7 Å². The summed E-state index contributed by atoms with van der Waals surface area (Å²) in [6.45, 7) is 4.73. The third-order valence-corrected chi connectivity index (χ3v) is 2.40. The van der Waals surface area contributed by atoms with Crippen LogP contribution in [-0.2, 0) is 9.53 Å². The van der Waals surface area contributed by atoms with Gasteiger partial charge < -0.3 is 4.74 Å². The first kappa shape index (κ1) is 17.5. The molecule has 1 aromatic carbocycles. The van der Waals surface area contributed by atoms with Crippen molar-refractivity contribution in [1.82, 2.24) is 0 Å². The number of hydrogen-bond acceptors (Lipinski definition) is 3. The third kappa shape index (κ3) is 6.62. The Morgan fingerprint density at radius 1 is 1.19 bits per heavy atom. The number of aliphatic imine (C=N–C) groups is 1. The van der Waals surface area contributed by atoms with Crippen molar-refractivity contribution in [2.24, 2.45) is 4.99 Å². The van der Waals surface area contributed by atoms with Crippen molar-refractivity contribution in [3.05, 3.63) is 29.3 Å². The molecule has 0 atom stereocenters. The van der Waals surface area contributed by atoms with E-state index in [-0.39, 0.29) is 5.69 Å². The number of esters is 1. The minimum Gasteiger partial charge on any atom is -0.460 e. The van der Waals surface area contributed by atoms with E-state index in [0.717, 1.165) is 0 Å². The zero-order valence-corrected chi connectivity index (χ0v) is 12.5. The fourth-order valence-electron chi connectivity index (χ4n) is 1.39. The van der Waals surface area contributed by atoms with Crippen molar-refractivity contribution in [1.29, 1.82) is 0 Å².